The van der Waals surface area contributed by atoms with Crippen LogP contribution in [0.25, 0.3) is 12.2 Å². The molecule has 1 aromatic heterocycles. The van der Waals surface area contributed by atoms with E-state index in [0.717, 1.165) is 21.3 Å². The highest BCUT2D eigenvalue weighted by Gasteiger charge is 2.46. The van der Waals surface area contributed by atoms with Crippen molar-refractivity contribution in [2.24, 2.45) is 12.2 Å². The molecule has 5 atom stereocenters. The molecule has 32 heteroatoms. The minimum atomic E-state index is -5.16. The summed E-state index contributed by atoms with van der Waals surface area (Å²) >= 11 is 0. The molecule has 412 valence electrons. The maximum absolute atomic E-state index is 13.3. The molecule has 3 heterocycles. The van der Waals surface area contributed by atoms with Crippen molar-refractivity contribution in [2.75, 3.05) is 31.3 Å². The van der Waals surface area contributed by atoms with Gasteiger partial charge in [-0.15, -0.1) is 0 Å². The van der Waals surface area contributed by atoms with E-state index in [-0.39, 0.29) is 57.9 Å². The number of amides is 2. The van der Waals surface area contributed by atoms with Crippen LogP contribution in [0.15, 0.2) is 98.7 Å². The number of carboxylic acids is 1. The van der Waals surface area contributed by atoms with Gasteiger partial charge in [-0.25, -0.2) is 9.59 Å². The van der Waals surface area contributed by atoms with Crippen molar-refractivity contribution in [3.63, 3.8) is 0 Å². The monoisotopic (exact) mass is 1150 g/mol. The number of benzene rings is 4. The highest BCUT2D eigenvalue weighted by Crippen LogP contribution is 2.55. The number of aromatic carboxylic acids is 1. The number of nitrogens with two attached hydrogens (primary N) is 1. The molecule has 28 nitrogen and oxygen atoms in total. The van der Waals surface area contributed by atoms with E-state index in [4.69, 9.17) is 29.8 Å². The van der Waals surface area contributed by atoms with Crippen molar-refractivity contribution in [1.29, 1.82) is 0 Å². The SMILES string of the molecule is C=c1ccc2c(c1S(=O)(=O)O)Oc1c(ccc(N)c1S(=O)(=O)O)C=2c1ccc(C(=O)NCCCCNC(=O)c2ccc(CO/N=c3/ccn([C@@H]4O[C@H](COP(=O)(O)CP(=O)(O)O)C(O)[C@@H]4O)c(=O)n3C)cc2)cc1C(=O)O. The zero-order valence-corrected chi connectivity index (χ0v) is 43.3. The van der Waals surface area contributed by atoms with E-state index >= 15 is 0 Å². The molecule has 77 heavy (non-hydrogen) atoms. The third-order valence-corrected chi connectivity index (χ3v) is 17.2. The highest BCUT2D eigenvalue weighted by molar-refractivity contribution is 7.86. The van der Waals surface area contributed by atoms with Gasteiger partial charge in [0, 0.05) is 59.9 Å². The second-order valence-corrected chi connectivity index (χ2v) is 24.0. The van der Waals surface area contributed by atoms with Gasteiger partial charge in [-0.2, -0.15) is 16.8 Å². The van der Waals surface area contributed by atoms with Crippen LogP contribution in [0.4, 0.5) is 5.69 Å². The fraction of sp³-hybridized carbons (Fsp3) is 0.267. The van der Waals surface area contributed by atoms with Crippen molar-refractivity contribution < 1.29 is 98.3 Å². The lowest BCUT2D eigenvalue weighted by Crippen LogP contribution is -2.42. The maximum Gasteiger partial charge on any atom is 0.340 e. The molecule has 0 saturated carbocycles. The van der Waals surface area contributed by atoms with Crippen LogP contribution in [0.1, 0.15) is 66.8 Å². The van der Waals surface area contributed by atoms with Crippen molar-refractivity contribution in [1.82, 2.24) is 19.8 Å². The number of aliphatic hydroxyl groups excluding tert-OH is 2. The van der Waals surface area contributed by atoms with Crippen LogP contribution in [-0.4, -0.2) is 127 Å². The predicted molar refractivity (Wildman–Crippen MR) is 266 cm³/mol. The molecule has 2 aliphatic heterocycles. The number of hydrogen-bond donors (Lipinski definition) is 11. The van der Waals surface area contributed by atoms with Crippen LogP contribution in [0.3, 0.4) is 0 Å². The van der Waals surface area contributed by atoms with E-state index < -0.39 is 128 Å². The van der Waals surface area contributed by atoms with Gasteiger partial charge in [0.15, 0.2) is 34.0 Å². The zero-order chi connectivity index (χ0) is 56.5. The van der Waals surface area contributed by atoms with Crippen LogP contribution in [-0.2, 0) is 57.1 Å². The maximum atomic E-state index is 13.3. The summed E-state index contributed by atoms with van der Waals surface area (Å²) in [4.78, 5) is 83.4. The lowest BCUT2D eigenvalue weighted by molar-refractivity contribution is -0.0530. The van der Waals surface area contributed by atoms with Crippen molar-refractivity contribution in [3.05, 3.63) is 139 Å². The van der Waals surface area contributed by atoms with Crippen LogP contribution in [0, 0.1) is 0 Å². The molecular formula is C45H48N6O22P2S2. The zero-order valence-electron chi connectivity index (χ0n) is 39.9. The number of carbonyl (C=O) groups excluding carboxylic acids is 2. The Balaban J connectivity index is 0.924. The van der Waals surface area contributed by atoms with Gasteiger partial charge in [0.05, 0.1) is 17.9 Å². The van der Waals surface area contributed by atoms with Gasteiger partial charge in [-0.3, -0.25) is 37.0 Å². The topological polar surface area (TPSA) is 442 Å². The highest BCUT2D eigenvalue weighted by atomic mass is 32.2. The molecule has 0 bridgehead atoms. The Kier molecular flexibility index (Phi) is 17.0. The predicted octanol–water partition coefficient (Wildman–Crippen LogP) is -0.347. The number of nitrogens with one attached hydrogen (secondary N) is 2. The number of carboxylic acid groups (broad SMARTS) is 1. The molecule has 0 radical (unpaired) electrons. The summed E-state index contributed by atoms with van der Waals surface area (Å²) in [6, 6.07) is 16.0. The number of unbranched alkanes of at least 4 members (excludes halogenated alkanes) is 1. The summed E-state index contributed by atoms with van der Waals surface area (Å²) < 4.78 is 111. The van der Waals surface area contributed by atoms with E-state index in [2.05, 4.69) is 26.9 Å². The molecule has 0 spiro atoms. The molecule has 0 aliphatic carbocycles. The summed E-state index contributed by atoms with van der Waals surface area (Å²) in [6.45, 7) is 2.96. The van der Waals surface area contributed by atoms with Crippen molar-refractivity contribution in [2.45, 2.75) is 53.8 Å². The quantitative estimate of drug-likeness (QED) is 0.0153. The number of aromatic nitrogens is 2. The molecule has 4 aromatic carbocycles. The fourth-order valence-electron chi connectivity index (χ4n) is 8.17. The van der Waals surface area contributed by atoms with Crippen LogP contribution in [0.2, 0.25) is 0 Å². The van der Waals surface area contributed by atoms with E-state index in [0.29, 0.717) is 24.0 Å². The van der Waals surface area contributed by atoms with Gasteiger partial charge in [-0.1, -0.05) is 36.0 Å². The van der Waals surface area contributed by atoms with Gasteiger partial charge in [0.25, 0.3) is 32.1 Å². The van der Waals surface area contributed by atoms with Crippen molar-refractivity contribution >= 4 is 71.1 Å². The van der Waals surface area contributed by atoms with Gasteiger partial charge >= 0.3 is 26.9 Å². The first-order valence-electron chi connectivity index (χ1n) is 22.4. The number of nitrogens with zero attached hydrogens (tertiary/aromatic N) is 3. The summed E-state index contributed by atoms with van der Waals surface area (Å²) in [5.41, 5.74) is 4.49. The van der Waals surface area contributed by atoms with E-state index in [9.17, 15) is 74.5 Å². The summed E-state index contributed by atoms with van der Waals surface area (Å²) in [5, 5.41) is 40.4. The normalized spacial score (nSPS) is 18.4. The number of anilines is 1. The van der Waals surface area contributed by atoms with Gasteiger partial charge in [-0.05, 0) is 71.7 Å². The minimum Gasteiger partial charge on any atom is -0.478 e. The fourth-order valence-corrected chi connectivity index (χ4v) is 12.3. The molecule has 5 aromatic rings. The van der Waals surface area contributed by atoms with Gasteiger partial charge < -0.3 is 65.2 Å². The number of aliphatic hydroxyl groups is 2. The average molecular weight is 1150 g/mol. The average Bonchev–Trinajstić information content (AvgIpc) is 3.73. The number of nitrogen functional groups attached to an aromatic ring is 1. The van der Waals surface area contributed by atoms with Crippen LogP contribution < -0.4 is 42.7 Å². The van der Waals surface area contributed by atoms with Crippen LogP contribution >= 0.6 is 15.2 Å². The van der Waals surface area contributed by atoms with E-state index in [1.165, 1.54) is 61.8 Å². The second-order valence-electron chi connectivity index (χ2n) is 17.3. The molecular weight excluding hydrogens is 1100 g/mol. The first kappa shape index (κ1) is 57.8. The lowest BCUT2D eigenvalue weighted by Gasteiger charge is -2.25. The first-order valence-corrected chi connectivity index (χ1v) is 28.8. The summed E-state index contributed by atoms with van der Waals surface area (Å²) in [5.74, 6) is -5.44. The minimum absolute atomic E-state index is 0.0180. The smallest absolute Gasteiger partial charge is 0.340 e. The third-order valence-electron chi connectivity index (χ3n) is 11.8. The number of rotatable bonds is 20. The molecule has 2 aliphatic rings. The molecule has 1 saturated heterocycles. The Bertz CT molecular complexity index is 3790. The second kappa shape index (κ2) is 22.6. The Morgan fingerprint density at radius 1 is 0.831 bits per heavy atom. The molecule has 2 amide bonds. The summed E-state index contributed by atoms with van der Waals surface area (Å²) in [6.07, 6.45) is -4.45. The molecule has 1 fully saturated rings. The molecule has 7 rings (SSSR count). The van der Waals surface area contributed by atoms with Crippen molar-refractivity contribution in [3.8, 4) is 11.5 Å². The largest absolute Gasteiger partial charge is 0.478 e. The Labute approximate surface area is 435 Å². The van der Waals surface area contributed by atoms with Gasteiger partial charge in [0.1, 0.15) is 29.8 Å². The Morgan fingerprint density at radius 2 is 1.44 bits per heavy atom. The number of ether oxygens (including phenoxy) is 2. The number of carbonyl (C=O) groups is 3. The number of hydrogen-bond acceptors (Lipinski definition) is 18. The number of fused-ring (bicyclic) bond motifs is 2. The summed E-state index contributed by atoms with van der Waals surface area (Å²) in [7, 11) is -18.7. The molecule has 2 unspecified atom stereocenters. The standard InChI is InChI=1S/C45H48N6O22P2S2/c1-23-5-11-28-34(29-13-14-31(46)40(77(67,68)69)38(29)73-37(28)39(23)76(64,65)66)27-12-10-26(19-30(27)44(56)57)42(55)48-17-4-3-16-47-41(54)25-8-6-24(7-9-25)20-70-49-33-15-18-51(45(58)50(33)2)43-36(53)35(52)32(72-43)21-71-75(62,63)22-74(59,60)61/h5-15,18-19,32,35-36,43,52-53H,1,3-4,16-17,20-22,46H2,2H3,(H,47,54)(H,48,55)(H,56,57)(H,62,63)(H2,59,60,61)(H,64,65,66)(H,67,68,69)/b49-33-/t32-,35?,36+,43-/m1/s1. The third kappa shape index (κ3) is 13.1. The Hall–Kier alpha value is -6.89. The first-order chi connectivity index (χ1) is 36.0. The van der Waals surface area contributed by atoms with E-state index in [1.807, 2.05) is 0 Å². The van der Waals surface area contributed by atoms with Gasteiger partial charge in [0.2, 0.25) is 0 Å². The molecule has 12 N–H and O–H groups in total. The van der Waals surface area contributed by atoms with E-state index in [1.54, 1.807) is 12.1 Å². The lowest BCUT2D eigenvalue weighted by atomic mass is 9.88. The van der Waals surface area contributed by atoms with Crippen LogP contribution in [0.5, 0.6) is 11.5 Å². The Morgan fingerprint density at radius 3 is 2.05 bits per heavy atom.